The molecule has 1 aromatic heterocycles. The Morgan fingerprint density at radius 1 is 1.38 bits per heavy atom. The van der Waals surface area contributed by atoms with Crippen molar-refractivity contribution in [3.63, 3.8) is 0 Å². The number of ether oxygens (including phenoxy) is 1. The smallest absolute Gasteiger partial charge is 0.0792 e. The van der Waals surface area contributed by atoms with E-state index in [1.165, 1.54) is 37.7 Å². The standard InChI is InChI=1S/C13H21NOS/c1-15-13(10-5-3-2-4-6-10)12(14)11-7-8-16-9-11/h7-10,12-13H,2-6,14H2,1H3. The first-order valence-corrected chi connectivity index (χ1v) is 7.07. The molecule has 1 aromatic rings. The van der Waals surface area contributed by atoms with Gasteiger partial charge in [-0.05, 0) is 41.1 Å². The highest BCUT2D eigenvalue weighted by Crippen LogP contribution is 2.33. The molecule has 0 aliphatic heterocycles. The summed E-state index contributed by atoms with van der Waals surface area (Å²) in [4.78, 5) is 0. The fourth-order valence-corrected chi connectivity index (χ4v) is 3.46. The van der Waals surface area contributed by atoms with Crippen LogP contribution in [0.5, 0.6) is 0 Å². The van der Waals surface area contributed by atoms with Crippen LogP contribution in [0.25, 0.3) is 0 Å². The van der Waals surface area contributed by atoms with E-state index in [1.807, 2.05) is 0 Å². The predicted molar refractivity (Wildman–Crippen MR) is 68.6 cm³/mol. The Morgan fingerprint density at radius 3 is 2.69 bits per heavy atom. The van der Waals surface area contributed by atoms with E-state index in [9.17, 15) is 0 Å². The van der Waals surface area contributed by atoms with Gasteiger partial charge in [0, 0.05) is 7.11 Å². The first-order valence-electron chi connectivity index (χ1n) is 6.13. The van der Waals surface area contributed by atoms with Crippen LogP contribution in [0.3, 0.4) is 0 Å². The van der Waals surface area contributed by atoms with E-state index >= 15 is 0 Å². The number of nitrogens with two attached hydrogens (primary N) is 1. The SMILES string of the molecule is COC(C1CCCCC1)C(N)c1ccsc1. The first-order chi connectivity index (χ1) is 7.83. The molecule has 2 N–H and O–H groups in total. The highest BCUT2D eigenvalue weighted by Gasteiger charge is 2.29. The summed E-state index contributed by atoms with van der Waals surface area (Å²) < 4.78 is 5.65. The Morgan fingerprint density at radius 2 is 2.12 bits per heavy atom. The third-order valence-corrected chi connectivity index (χ3v) is 4.37. The normalized spacial score (nSPS) is 21.9. The summed E-state index contributed by atoms with van der Waals surface area (Å²) in [6.45, 7) is 0. The van der Waals surface area contributed by atoms with Crippen molar-refractivity contribution in [2.75, 3.05) is 7.11 Å². The number of hydrogen-bond donors (Lipinski definition) is 1. The molecule has 1 aliphatic carbocycles. The molecule has 0 radical (unpaired) electrons. The van der Waals surface area contributed by atoms with E-state index in [0.29, 0.717) is 5.92 Å². The quantitative estimate of drug-likeness (QED) is 0.874. The van der Waals surface area contributed by atoms with Crippen LogP contribution in [-0.2, 0) is 4.74 Å². The fourth-order valence-electron chi connectivity index (χ4n) is 2.75. The van der Waals surface area contributed by atoms with E-state index in [-0.39, 0.29) is 12.1 Å². The molecule has 2 rings (SSSR count). The maximum atomic E-state index is 6.31. The molecule has 0 bridgehead atoms. The second-order valence-electron chi connectivity index (χ2n) is 4.68. The van der Waals surface area contributed by atoms with E-state index in [1.54, 1.807) is 18.4 Å². The topological polar surface area (TPSA) is 35.2 Å². The van der Waals surface area contributed by atoms with E-state index in [4.69, 9.17) is 10.5 Å². The summed E-state index contributed by atoms with van der Waals surface area (Å²) in [5.74, 6) is 0.647. The van der Waals surface area contributed by atoms with Gasteiger partial charge in [0.2, 0.25) is 0 Å². The summed E-state index contributed by atoms with van der Waals surface area (Å²) in [5.41, 5.74) is 7.53. The Hall–Kier alpha value is -0.380. The molecular weight excluding hydrogens is 218 g/mol. The lowest BCUT2D eigenvalue weighted by molar-refractivity contribution is 0.0174. The maximum absolute atomic E-state index is 6.31. The van der Waals surface area contributed by atoms with Crippen molar-refractivity contribution in [2.24, 2.45) is 11.7 Å². The molecule has 0 saturated heterocycles. The Bertz CT molecular complexity index is 293. The first kappa shape index (κ1) is 12.1. The molecule has 2 nitrogen and oxygen atoms in total. The zero-order valence-corrected chi connectivity index (χ0v) is 10.7. The second kappa shape index (κ2) is 5.80. The molecular formula is C13H21NOS. The minimum atomic E-state index is 0.0411. The van der Waals surface area contributed by atoms with Gasteiger partial charge in [-0.15, -0.1) is 0 Å². The van der Waals surface area contributed by atoms with Crippen molar-refractivity contribution < 1.29 is 4.74 Å². The molecule has 3 heteroatoms. The van der Waals surface area contributed by atoms with Gasteiger partial charge in [0.15, 0.2) is 0 Å². The molecule has 16 heavy (non-hydrogen) atoms. The zero-order chi connectivity index (χ0) is 11.4. The van der Waals surface area contributed by atoms with Crippen LogP contribution in [0.15, 0.2) is 16.8 Å². The molecule has 0 aromatic carbocycles. The van der Waals surface area contributed by atoms with Crippen molar-refractivity contribution in [2.45, 2.75) is 44.2 Å². The van der Waals surface area contributed by atoms with Gasteiger partial charge in [-0.3, -0.25) is 0 Å². The number of hydrogen-bond acceptors (Lipinski definition) is 3. The molecule has 0 spiro atoms. The van der Waals surface area contributed by atoms with Gasteiger partial charge >= 0.3 is 0 Å². The van der Waals surface area contributed by atoms with Crippen molar-refractivity contribution in [3.05, 3.63) is 22.4 Å². The summed E-state index contributed by atoms with van der Waals surface area (Å²) in [6.07, 6.45) is 6.78. The van der Waals surface area contributed by atoms with Crippen LogP contribution in [0.2, 0.25) is 0 Å². The molecule has 1 saturated carbocycles. The molecule has 1 aliphatic rings. The molecule has 2 atom stereocenters. The van der Waals surface area contributed by atoms with Crippen LogP contribution in [0, 0.1) is 5.92 Å². The van der Waals surface area contributed by atoms with Crippen molar-refractivity contribution >= 4 is 11.3 Å². The van der Waals surface area contributed by atoms with E-state index < -0.39 is 0 Å². The van der Waals surface area contributed by atoms with Gasteiger partial charge < -0.3 is 10.5 Å². The van der Waals surface area contributed by atoms with Gasteiger partial charge in [-0.2, -0.15) is 11.3 Å². The summed E-state index contributed by atoms with van der Waals surface area (Å²) in [5, 5.41) is 4.22. The zero-order valence-electron chi connectivity index (χ0n) is 9.89. The fraction of sp³-hybridized carbons (Fsp3) is 0.692. The highest BCUT2D eigenvalue weighted by atomic mass is 32.1. The Balaban J connectivity index is 2.03. The highest BCUT2D eigenvalue weighted by molar-refractivity contribution is 7.07. The Labute approximate surface area is 102 Å². The molecule has 0 amide bonds. The molecule has 90 valence electrons. The van der Waals surface area contributed by atoms with E-state index in [2.05, 4.69) is 16.8 Å². The number of thiophene rings is 1. The van der Waals surface area contributed by atoms with Gasteiger partial charge in [-0.1, -0.05) is 19.3 Å². The number of methoxy groups -OCH3 is 1. The maximum Gasteiger partial charge on any atom is 0.0792 e. The molecule has 2 unspecified atom stereocenters. The monoisotopic (exact) mass is 239 g/mol. The third-order valence-electron chi connectivity index (χ3n) is 3.67. The lowest BCUT2D eigenvalue weighted by Crippen LogP contribution is -2.35. The summed E-state index contributed by atoms with van der Waals surface area (Å²) in [6, 6.07) is 2.16. The van der Waals surface area contributed by atoms with Gasteiger partial charge in [0.1, 0.15) is 0 Å². The van der Waals surface area contributed by atoms with Crippen molar-refractivity contribution in [3.8, 4) is 0 Å². The van der Waals surface area contributed by atoms with Crippen LogP contribution in [0.4, 0.5) is 0 Å². The minimum Gasteiger partial charge on any atom is -0.379 e. The van der Waals surface area contributed by atoms with E-state index in [0.717, 1.165) is 0 Å². The molecule has 1 heterocycles. The van der Waals surface area contributed by atoms with Crippen molar-refractivity contribution in [1.29, 1.82) is 0 Å². The lowest BCUT2D eigenvalue weighted by atomic mass is 9.81. The predicted octanol–water partition coefficient (Wildman–Crippen LogP) is 3.34. The lowest BCUT2D eigenvalue weighted by Gasteiger charge is -2.32. The molecule has 1 fully saturated rings. The van der Waals surface area contributed by atoms with Crippen LogP contribution >= 0.6 is 11.3 Å². The van der Waals surface area contributed by atoms with Gasteiger partial charge in [0.05, 0.1) is 12.1 Å². The second-order valence-corrected chi connectivity index (χ2v) is 5.46. The van der Waals surface area contributed by atoms with Gasteiger partial charge in [-0.25, -0.2) is 0 Å². The Kier molecular flexibility index (Phi) is 4.38. The van der Waals surface area contributed by atoms with Crippen LogP contribution in [-0.4, -0.2) is 13.2 Å². The number of rotatable bonds is 4. The summed E-state index contributed by atoms with van der Waals surface area (Å²) >= 11 is 1.71. The third kappa shape index (κ3) is 2.65. The largest absolute Gasteiger partial charge is 0.379 e. The minimum absolute atomic E-state index is 0.0411. The van der Waals surface area contributed by atoms with Crippen molar-refractivity contribution in [1.82, 2.24) is 0 Å². The average molecular weight is 239 g/mol. The summed E-state index contributed by atoms with van der Waals surface area (Å²) in [7, 11) is 1.80. The van der Waals surface area contributed by atoms with Crippen LogP contribution < -0.4 is 5.73 Å². The van der Waals surface area contributed by atoms with Gasteiger partial charge in [0.25, 0.3) is 0 Å². The van der Waals surface area contributed by atoms with Crippen LogP contribution in [0.1, 0.15) is 43.7 Å². The average Bonchev–Trinajstić information content (AvgIpc) is 2.85.